The third-order valence-electron chi connectivity index (χ3n) is 5.04. The molecular formula is C19H26N6. The van der Waals surface area contributed by atoms with E-state index in [-0.39, 0.29) is 0 Å². The zero-order valence-corrected chi connectivity index (χ0v) is 14.9. The monoisotopic (exact) mass is 338 g/mol. The molecule has 2 aliphatic rings. The molecule has 0 aliphatic carbocycles. The standard InChI is InChI=1S/C19H26N6/c1-23-12-14-24(15-13-23)17-6-4-16(5-7-17)21-18-8-9-20-19(22-18)25-10-2-3-11-25/h4-9H,2-3,10-15H2,1H3,(H,20,21,22). The number of likely N-dealkylation sites (N-methyl/N-ethyl adjacent to an activating group) is 1. The molecular weight excluding hydrogens is 312 g/mol. The van der Waals surface area contributed by atoms with Gasteiger partial charge < -0.3 is 20.0 Å². The van der Waals surface area contributed by atoms with Crippen LogP contribution in [0.1, 0.15) is 12.8 Å². The lowest BCUT2D eigenvalue weighted by molar-refractivity contribution is 0.313. The Morgan fingerprint density at radius 1 is 0.840 bits per heavy atom. The van der Waals surface area contributed by atoms with Crippen molar-refractivity contribution >= 4 is 23.1 Å². The van der Waals surface area contributed by atoms with Gasteiger partial charge in [0.05, 0.1) is 0 Å². The molecule has 1 aromatic carbocycles. The van der Waals surface area contributed by atoms with Gasteiger partial charge in [-0.1, -0.05) is 0 Å². The van der Waals surface area contributed by atoms with Crippen molar-refractivity contribution < 1.29 is 0 Å². The van der Waals surface area contributed by atoms with Crippen LogP contribution in [-0.2, 0) is 0 Å². The lowest BCUT2D eigenvalue weighted by Crippen LogP contribution is -2.44. The second kappa shape index (κ2) is 7.27. The van der Waals surface area contributed by atoms with Crippen LogP contribution in [0.3, 0.4) is 0 Å². The average molecular weight is 338 g/mol. The van der Waals surface area contributed by atoms with Gasteiger partial charge in [0.25, 0.3) is 0 Å². The van der Waals surface area contributed by atoms with E-state index >= 15 is 0 Å². The lowest BCUT2D eigenvalue weighted by Gasteiger charge is -2.34. The van der Waals surface area contributed by atoms with Crippen LogP contribution >= 0.6 is 0 Å². The number of piperazine rings is 1. The van der Waals surface area contributed by atoms with Crippen molar-refractivity contribution in [1.82, 2.24) is 14.9 Å². The van der Waals surface area contributed by atoms with Crippen molar-refractivity contribution in [3.8, 4) is 0 Å². The first-order valence-corrected chi connectivity index (χ1v) is 9.16. The second-order valence-corrected chi connectivity index (χ2v) is 6.90. The van der Waals surface area contributed by atoms with Gasteiger partial charge in [0.15, 0.2) is 0 Å². The van der Waals surface area contributed by atoms with Crippen molar-refractivity contribution in [3.05, 3.63) is 36.5 Å². The van der Waals surface area contributed by atoms with Crippen LogP contribution in [0.5, 0.6) is 0 Å². The highest BCUT2D eigenvalue weighted by molar-refractivity contribution is 5.61. The number of rotatable bonds is 4. The predicted molar refractivity (Wildman–Crippen MR) is 103 cm³/mol. The summed E-state index contributed by atoms with van der Waals surface area (Å²) < 4.78 is 0. The molecule has 0 atom stereocenters. The molecule has 0 spiro atoms. The first-order valence-electron chi connectivity index (χ1n) is 9.16. The van der Waals surface area contributed by atoms with Gasteiger partial charge in [0, 0.05) is 56.8 Å². The predicted octanol–water partition coefficient (Wildman–Crippen LogP) is 2.57. The van der Waals surface area contributed by atoms with Crippen LogP contribution in [0.4, 0.5) is 23.1 Å². The molecule has 0 bridgehead atoms. The van der Waals surface area contributed by atoms with Gasteiger partial charge >= 0.3 is 0 Å². The number of hydrogen-bond acceptors (Lipinski definition) is 6. The number of hydrogen-bond donors (Lipinski definition) is 1. The highest BCUT2D eigenvalue weighted by Gasteiger charge is 2.16. The fraction of sp³-hybridized carbons (Fsp3) is 0.474. The molecule has 2 aromatic rings. The fourth-order valence-electron chi connectivity index (χ4n) is 3.46. The third-order valence-corrected chi connectivity index (χ3v) is 5.04. The van der Waals surface area contributed by atoms with Crippen molar-refractivity contribution in [1.29, 1.82) is 0 Å². The highest BCUT2D eigenvalue weighted by atomic mass is 15.3. The summed E-state index contributed by atoms with van der Waals surface area (Å²) in [6.45, 7) is 6.55. The summed E-state index contributed by atoms with van der Waals surface area (Å²) in [5.41, 5.74) is 2.35. The average Bonchev–Trinajstić information content (AvgIpc) is 3.18. The van der Waals surface area contributed by atoms with Crippen molar-refractivity contribution in [2.75, 3.05) is 61.4 Å². The van der Waals surface area contributed by atoms with Crippen molar-refractivity contribution in [3.63, 3.8) is 0 Å². The molecule has 1 N–H and O–H groups in total. The van der Waals surface area contributed by atoms with Gasteiger partial charge in [-0.05, 0) is 50.2 Å². The maximum absolute atomic E-state index is 4.66. The SMILES string of the molecule is CN1CCN(c2ccc(Nc3ccnc(N4CCCC4)n3)cc2)CC1. The molecule has 0 radical (unpaired) electrons. The van der Waals surface area contributed by atoms with E-state index in [2.05, 4.69) is 61.3 Å². The topological polar surface area (TPSA) is 47.5 Å². The Balaban J connectivity index is 1.42. The Hall–Kier alpha value is -2.34. The Morgan fingerprint density at radius 2 is 1.56 bits per heavy atom. The molecule has 0 saturated carbocycles. The van der Waals surface area contributed by atoms with Crippen molar-refractivity contribution in [2.24, 2.45) is 0 Å². The minimum absolute atomic E-state index is 0.830. The van der Waals surface area contributed by atoms with E-state index < -0.39 is 0 Å². The number of aromatic nitrogens is 2. The summed E-state index contributed by atoms with van der Waals surface area (Å²) in [7, 11) is 2.18. The molecule has 6 heteroatoms. The summed E-state index contributed by atoms with van der Waals surface area (Å²) in [4.78, 5) is 16.1. The fourth-order valence-corrected chi connectivity index (χ4v) is 3.46. The second-order valence-electron chi connectivity index (χ2n) is 6.90. The zero-order valence-electron chi connectivity index (χ0n) is 14.9. The van der Waals surface area contributed by atoms with E-state index in [0.29, 0.717) is 0 Å². The van der Waals surface area contributed by atoms with E-state index in [1.807, 2.05) is 12.3 Å². The van der Waals surface area contributed by atoms with E-state index in [9.17, 15) is 0 Å². The first-order chi connectivity index (χ1) is 12.3. The Kier molecular flexibility index (Phi) is 4.70. The van der Waals surface area contributed by atoms with Crippen LogP contribution in [-0.4, -0.2) is 61.2 Å². The number of nitrogens with zero attached hydrogens (tertiary/aromatic N) is 5. The molecule has 2 aliphatic heterocycles. The summed E-state index contributed by atoms with van der Waals surface area (Å²) >= 11 is 0. The summed E-state index contributed by atoms with van der Waals surface area (Å²) in [6.07, 6.45) is 4.30. The van der Waals surface area contributed by atoms with Crippen LogP contribution in [0.25, 0.3) is 0 Å². The van der Waals surface area contributed by atoms with Gasteiger partial charge in [-0.3, -0.25) is 0 Å². The Bertz CT molecular complexity index is 687. The zero-order chi connectivity index (χ0) is 17.1. The van der Waals surface area contributed by atoms with E-state index in [0.717, 1.165) is 56.7 Å². The normalized spacial score (nSPS) is 18.6. The van der Waals surface area contributed by atoms with E-state index in [1.165, 1.54) is 18.5 Å². The van der Waals surface area contributed by atoms with Gasteiger partial charge in [-0.25, -0.2) is 4.98 Å². The van der Waals surface area contributed by atoms with E-state index in [1.54, 1.807) is 0 Å². The smallest absolute Gasteiger partial charge is 0.227 e. The molecule has 0 amide bonds. The number of benzene rings is 1. The first kappa shape index (κ1) is 16.1. The highest BCUT2D eigenvalue weighted by Crippen LogP contribution is 2.23. The maximum Gasteiger partial charge on any atom is 0.227 e. The molecule has 2 saturated heterocycles. The quantitative estimate of drug-likeness (QED) is 0.925. The molecule has 6 nitrogen and oxygen atoms in total. The Morgan fingerprint density at radius 3 is 2.28 bits per heavy atom. The molecule has 132 valence electrons. The lowest BCUT2D eigenvalue weighted by atomic mass is 10.2. The summed E-state index contributed by atoms with van der Waals surface area (Å²) in [6, 6.07) is 10.6. The molecule has 4 rings (SSSR count). The van der Waals surface area contributed by atoms with Crippen LogP contribution < -0.4 is 15.1 Å². The molecule has 25 heavy (non-hydrogen) atoms. The van der Waals surface area contributed by atoms with Crippen LogP contribution in [0.2, 0.25) is 0 Å². The number of anilines is 4. The Labute approximate surface area is 149 Å². The van der Waals surface area contributed by atoms with Gasteiger partial charge in [-0.2, -0.15) is 4.98 Å². The van der Waals surface area contributed by atoms with Crippen molar-refractivity contribution in [2.45, 2.75) is 12.8 Å². The maximum atomic E-state index is 4.66. The third kappa shape index (κ3) is 3.85. The largest absolute Gasteiger partial charge is 0.369 e. The molecule has 2 fully saturated rings. The summed E-state index contributed by atoms with van der Waals surface area (Å²) in [5, 5.41) is 3.40. The van der Waals surface area contributed by atoms with Crippen LogP contribution in [0, 0.1) is 0 Å². The number of nitrogens with one attached hydrogen (secondary N) is 1. The minimum Gasteiger partial charge on any atom is -0.369 e. The molecule has 0 unspecified atom stereocenters. The minimum atomic E-state index is 0.830. The summed E-state index contributed by atoms with van der Waals surface area (Å²) in [5.74, 6) is 1.68. The molecule has 3 heterocycles. The van der Waals surface area contributed by atoms with Gasteiger partial charge in [0.1, 0.15) is 5.82 Å². The van der Waals surface area contributed by atoms with E-state index in [4.69, 9.17) is 0 Å². The molecule has 1 aromatic heterocycles. The van der Waals surface area contributed by atoms with Gasteiger partial charge in [-0.15, -0.1) is 0 Å². The van der Waals surface area contributed by atoms with Crippen LogP contribution in [0.15, 0.2) is 36.5 Å². The van der Waals surface area contributed by atoms with Gasteiger partial charge in [0.2, 0.25) is 5.95 Å².